The Kier molecular flexibility index (Phi) is 6.57. The number of hydrogen-bond acceptors (Lipinski definition) is 3. The molecule has 110 valence electrons. The molecule has 0 bridgehead atoms. The van der Waals surface area contributed by atoms with Crippen molar-refractivity contribution < 1.29 is 9.59 Å². The maximum atomic E-state index is 11.8. The van der Waals surface area contributed by atoms with Crippen molar-refractivity contribution in [3.05, 3.63) is 28.2 Å². The summed E-state index contributed by atoms with van der Waals surface area (Å²) in [5.74, 6) is -0.331. The van der Waals surface area contributed by atoms with Gasteiger partial charge in [-0.15, -0.1) is 0 Å². The van der Waals surface area contributed by atoms with Crippen LogP contribution in [0.2, 0.25) is 10.0 Å². The van der Waals surface area contributed by atoms with Crippen molar-refractivity contribution in [3.63, 3.8) is 0 Å². The molecule has 8 heteroatoms. The number of carbonyl (C=O) groups excluding carboxylic acids is 2. The number of primary amides is 1. The van der Waals surface area contributed by atoms with E-state index in [1.54, 1.807) is 18.2 Å². The molecule has 0 fully saturated rings. The van der Waals surface area contributed by atoms with Gasteiger partial charge in [-0.05, 0) is 31.0 Å². The standard InChI is InChI=1S/C12H16Cl2N4O2/c13-8-4-3-7(6-9(8)14)18-11(19)10(15)2-1-5-17-12(16)20/h3-4,6,10H,1-2,5,15H2,(H,18,19)(H3,16,17,20). The number of benzene rings is 1. The molecule has 0 aliphatic carbocycles. The van der Waals surface area contributed by atoms with Gasteiger partial charge in [0.05, 0.1) is 16.1 Å². The summed E-state index contributed by atoms with van der Waals surface area (Å²) in [6.45, 7) is 0.378. The highest BCUT2D eigenvalue weighted by molar-refractivity contribution is 6.42. The van der Waals surface area contributed by atoms with Crippen molar-refractivity contribution in [2.24, 2.45) is 11.5 Å². The molecule has 0 aliphatic heterocycles. The number of amides is 3. The lowest BCUT2D eigenvalue weighted by Gasteiger charge is -2.12. The molecule has 0 saturated carbocycles. The average Bonchev–Trinajstić information content (AvgIpc) is 2.38. The zero-order chi connectivity index (χ0) is 15.1. The quantitative estimate of drug-likeness (QED) is 0.599. The number of rotatable bonds is 6. The minimum atomic E-state index is -0.681. The van der Waals surface area contributed by atoms with Crippen molar-refractivity contribution in [1.82, 2.24) is 5.32 Å². The van der Waals surface area contributed by atoms with Crippen LogP contribution in [0.15, 0.2) is 18.2 Å². The highest BCUT2D eigenvalue weighted by Gasteiger charge is 2.13. The first-order chi connectivity index (χ1) is 9.40. The van der Waals surface area contributed by atoms with E-state index in [2.05, 4.69) is 10.6 Å². The molecule has 3 amide bonds. The molecule has 0 radical (unpaired) electrons. The Morgan fingerprint density at radius 1 is 1.25 bits per heavy atom. The Bertz CT molecular complexity index is 496. The van der Waals surface area contributed by atoms with E-state index in [4.69, 9.17) is 34.7 Å². The SMILES string of the molecule is NC(=O)NCCCC(N)C(=O)Nc1ccc(Cl)c(Cl)c1. The zero-order valence-electron chi connectivity index (χ0n) is 10.7. The van der Waals surface area contributed by atoms with Gasteiger partial charge in [0.25, 0.3) is 0 Å². The van der Waals surface area contributed by atoms with Gasteiger partial charge in [0.1, 0.15) is 0 Å². The fourth-order valence-corrected chi connectivity index (χ4v) is 1.77. The summed E-state index contributed by atoms with van der Waals surface area (Å²) < 4.78 is 0. The van der Waals surface area contributed by atoms with Gasteiger partial charge >= 0.3 is 6.03 Å². The third-order valence-electron chi connectivity index (χ3n) is 2.52. The van der Waals surface area contributed by atoms with Crippen LogP contribution < -0.4 is 22.1 Å². The van der Waals surface area contributed by atoms with E-state index >= 15 is 0 Å². The van der Waals surface area contributed by atoms with E-state index in [1.807, 2.05) is 0 Å². The average molecular weight is 319 g/mol. The number of hydrogen-bond donors (Lipinski definition) is 4. The molecule has 6 N–H and O–H groups in total. The molecule has 0 aromatic heterocycles. The molecule has 1 rings (SSSR count). The second-order valence-corrected chi connectivity index (χ2v) is 4.97. The van der Waals surface area contributed by atoms with Crippen LogP contribution >= 0.6 is 23.2 Å². The Morgan fingerprint density at radius 2 is 1.95 bits per heavy atom. The molecule has 1 atom stereocenters. The summed E-state index contributed by atoms with van der Waals surface area (Å²) in [4.78, 5) is 22.3. The van der Waals surface area contributed by atoms with E-state index in [9.17, 15) is 9.59 Å². The van der Waals surface area contributed by atoms with E-state index in [0.29, 0.717) is 35.1 Å². The van der Waals surface area contributed by atoms with E-state index < -0.39 is 12.1 Å². The fourth-order valence-electron chi connectivity index (χ4n) is 1.47. The molecule has 1 aromatic rings. The predicted octanol–water partition coefficient (Wildman–Crippen LogP) is 1.71. The maximum absolute atomic E-state index is 11.8. The summed E-state index contributed by atoms with van der Waals surface area (Å²) in [6.07, 6.45) is 0.979. The zero-order valence-corrected chi connectivity index (χ0v) is 12.2. The monoisotopic (exact) mass is 318 g/mol. The van der Waals surface area contributed by atoms with Crippen LogP contribution in [0.5, 0.6) is 0 Å². The second kappa shape index (κ2) is 7.94. The number of halogens is 2. The Hall–Kier alpha value is -1.50. The first-order valence-electron chi connectivity index (χ1n) is 5.95. The lowest BCUT2D eigenvalue weighted by atomic mass is 10.1. The van der Waals surface area contributed by atoms with Crippen molar-refractivity contribution in [2.45, 2.75) is 18.9 Å². The number of carbonyl (C=O) groups is 2. The van der Waals surface area contributed by atoms with Crippen molar-refractivity contribution >= 4 is 40.8 Å². The Balaban J connectivity index is 2.41. The maximum Gasteiger partial charge on any atom is 0.312 e. The Morgan fingerprint density at radius 3 is 2.55 bits per heavy atom. The first-order valence-corrected chi connectivity index (χ1v) is 6.70. The van der Waals surface area contributed by atoms with Crippen molar-refractivity contribution in [2.75, 3.05) is 11.9 Å². The fraction of sp³-hybridized carbons (Fsp3) is 0.333. The van der Waals surface area contributed by atoms with Crippen LogP contribution in [0.3, 0.4) is 0 Å². The molecule has 0 heterocycles. The number of urea groups is 1. The molecule has 1 aromatic carbocycles. The predicted molar refractivity (Wildman–Crippen MR) is 79.9 cm³/mol. The molecule has 1 unspecified atom stereocenters. The third-order valence-corrected chi connectivity index (χ3v) is 3.25. The largest absolute Gasteiger partial charge is 0.352 e. The topological polar surface area (TPSA) is 110 Å². The normalized spacial score (nSPS) is 11.8. The van der Waals surface area contributed by atoms with Crippen molar-refractivity contribution in [1.29, 1.82) is 0 Å². The first kappa shape index (κ1) is 16.6. The van der Waals surface area contributed by atoms with Crippen LogP contribution in [0.4, 0.5) is 10.5 Å². The van der Waals surface area contributed by atoms with E-state index in [0.717, 1.165) is 0 Å². The molecule has 0 spiro atoms. The van der Waals surface area contributed by atoms with Gasteiger partial charge in [-0.2, -0.15) is 0 Å². The highest BCUT2D eigenvalue weighted by atomic mass is 35.5. The van der Waals surface area contributed by atoms with Crippen LogP contribution in [0, 0.1) is 0 Å². The van der Waals surface area contributed by atoms with Crippen molar-refractivity contribution in [3.8, 4) is 0 Å². The van der Waals surface area contributed by atoms with Gasteiger partial charge in [-0.1, -0.05) is 23.2 Å². The number of anilines is 1. The summed E-state index contributed by atoms with van der Waals surface area (Å²) in [5.41, 5.74) is 11.2. The summed E-state index contributed by atoms with van der Waals surface area (Å²) in [7, 11) is 0. The lowest BCUT2D eigenvalue weighted by Crippen LogP contribution is -2.37. The van der Waals surface area contributed by atoms with Gasteiger partial charge in [0, 0.05) is 12.2 Å². The molecule has 0 aliphatic rings. The summed E-state index contributed by atoms with van der Waals surface area (Å²) in [5, 5.41) is 5.82. The van der Waals surface area contributed by atoms with Gasteiger partial charge in [-0.3, -0.25) is 4.79 Å². The van der Waals surface area contributed by atoms with Gasteiger partial charge in [0.2, 0.25) is 5.91 Å². The van der Waals surface area contributed by atoms with Crippen LogP contribution in [0.25, 0.3) is 0 Å². The molecule has 0 saturated heterocycles. The minimum Gasteiger partial charge on any atom is -0.352 e. The molecule has 6 nitrogen and oxygen atoms in total. The van der Waals surface area contributed by atoms with Gasteiger partial charge in [-0.25, -0.2) is 4.79 Å². The number of nitrogens with one attached hydrogen (secondary N) is 2. The van der Waals surface area contributed by atoms with Crippen LogP contribution in [-0.2, 0) is 4.79 Å². The third kappa shape index (κ3) is 5.64. The highest BCUT2D eigenvalue weighted by Crippen LogP contribution is 2.25. The summed E-state index contributed by atoms with van der Waals surface area (Å²) >= 11 is 11.6. The molecule has 20 heavy (non-hydrogen) atoms. The lowest BCUT2D eigenvalue weighted by molar-refractivity contribution is -0.117. The molecular weight excluding hydrogens is 303 g/mol. The minimum absolute atomic E-state index is 0.331. The number of nitrogens with two attached hydrogens (primary N) is 2. The van der Waals surface area contributed by atoms with Gasteiger partial charge in [0.15, 0.2) is 0 Å². The summed E-state index contributed by atoms with van der Waals surface area (Å²) in [6, 6.07) is 3.48. The van der Waals surface area contributed by atoms with Crippen LogP contribution in [0.1, 0.15) is 12.8 Å². The molecular formula is C12H16Cl2N4O2. The van der Waals surface area contributed by atoms with Crippen LogP contribution in [-0.4, -0.2) is 24.5 Å². The Labute approximate surface area is 126 Å². The van der Waals surface area contributed by atoms with E-state index in [-0.39, 0.29) is 5.91 Å². The smallest absolute Gasteiger partial charge is 0.312 e. The second-order valence-electron chi connectivity index (χ2n) is 4.16. The van der Waals surface area contributed by atoms with Gasteiger partial charge < -0.3 is 22.1 Å². The van der Waals surface area contributed by atoms with E-state index in [1.165, 1.54) is 0 Å².